The molecule has 1 aromatic rings. The first-order valence-electron chi connectivity index (χ1n) is 13.0. The largest absolute Gasteiger partial charge is 0.462 e. The van der Waals surface area contributed by atoms with E-state index in [1.54, 1.807) is 25.4 Å². The van der Waals surface area contributed by atoms with Gasteiger partial charge in [-0.05, 0) is 45.4 Å². The molecule has 218 valence electrons. The van der Waals surface area contributed by atoms with E-state index < -0.39 is 48.7 Å². The number of ether oxygens (including phenoxy) is 2. The summed E-state index contributed by atoms with van der Waals surface area (Å²) >= 11 is 1.34. The van der Waals surface area contributed by atoms with Gasteiger partial charge in [-0.3, -0.25) is 13.9 Å². The molecule has 2 rings (SSSR count). The third-order valence-corrected chi connectivity index (χ3v) is 9.18. The Morgan fingerprint density at radius 1 is 1.26 bits per heavy atom. The number of aromatic nitrogens is 2. The summed E-state index contributed by atoms with van der Waals surface area (Å²) in [5.41, 5.74) is 4.06. The maximum absolute atomic E-state index is 14.4. The maximum Gasteiger partial charge on any atom is 0.351 e. The number of thioether (sulfide) groups is 1. The average Bonchev–Trinajstić information content (AvgIpc) is 3.28. The number of nitrogens with one attached hydrogen (secondary N) is 1. The molecule has 1 fully saturated rings. The van der Waals surface area contributed by atoms with Gasteiger partial charge in [-0.15, -0.1) is 11.8 Å². The summed E-state index contributed by atoms with van der Waals surface area (Å²) in [6, 6.07) is -0.879. The Balaban J connectivity index is 2.21. The Kier molecular flexibility index (Phi) is 12.7. The van der Waals surface area contributed by atoms with E-state index in [2.05, 4.69) is 37.8 Å². The number of halogens is 1. The first-order chi connectivity index (χ1) is 17.7. The van der Waals surface area contributed by atoms with E-state index in [-0.39, 0.29) is 12.7 Å². The van der Waals surface area contributed by atoms with Gasteiger partial charge in [0.25, 0.3) is 0 Å². The van der Waals surface area contributed by atoms with Crippen LogP contribution >= 0.6 is 19.4 Å². The molecular weight excluding hydrogens is 536 g/mol. The highest BCUT2D eigenvalue weighted by Crippen LogP contribution is 2.49. The second-order valence-electron chi connectivity index (χ2n) is 10.5. The molecular formula is C24H43FN5O6PS. The molecule has 0 aliphatic carbocycles. The van der Waals surface area contributed by atoms with E-state index in [9.17, 15) is 18.5 Å². The van der Waals surface area contributed by atoms with Crippen molar-refractivity contribution in [3.63, 3.8) is 0 Å². The van der Waals surface area contributed by atoms with Crippen molar-refractivity contribution in [1.29, 1.82) is 0 Å². The van der Waals surface area contributed by atoms with Gasteiger partial charge in [-0.1, -0.05) is 27.7 Å². The SMILES string of the molecule is CC(C)CCN(CCC(C)C)P(=O)(N[C@@H](C)C(=O)OC(C)C)OC[C@@H]1O[C@H](n2cc(F)c(N)nc2=O)CS1. The fourth-order valence-electron chi connectivity index (χ4n) is 3.52. The molecule has 1 aromatic heterocycles. The zero-order chi connectivity index (χ0) is 28.6. The lowest BCUT2D eigenvalue weighted by atomic mass is 10.1. The number of carbonyl (C=O) groups is 1. The van der Waals surface area contributed by atoms with E-state index in [1.807, 2.05) is 0 Å². The third-order valence-electron chi connectivity index (χ3n) is 5.73. The summed E-state index contributed by atoms with van der Waals surface area (Å²) in [5, 5.41) is 2.93. The lowest BCUT2D eigenvalue weighted by molar-refractivity contribution is -0.149. The summed E-state index contributed by atoms with van der Waals surface area (Å²) < 4.78 is 48.3. The molecule has 0 amide bonds. The van der Waals surface area contributed by atoms with E-state index in [1.165, 1.54) is 11.8 Å². The van der Waals surface area contributed by atoms with Gasteiger partial charge in [0, 0.05) is 18.8 Å². The molecule has 0 saturated carbocycles. The predicted molar refractivity (Wildman–Crippen MR) is 147 cm³/mol. The van der Waals surface area contributed by atoms with Crippen molar-refractivity contribution in [2.24, 2.45) is 11.8 Å². The van der Waals surface area contributed by atoms with Crippen LogP contribution in [0.2, 0.25) is 0 Å². The van der Waals surface area contributed by atoms with Crippen LogP contribution in [0.25, 0.3) is 0 Å². The predicted octanol–water partition coefficient (Wildman–Crippen LogP) is 4.00. The molecule has 4 atom stereocenters. The van der Waals surface area contributed by atoms with Crippen LogP contribution in [-0.2, 0) is 23.4 Å². The van der Waals surface area contributed by atoms with Crippen molar-refractivity contribution in [1.82, 2.24) is 19.3 Å². The van der Waals surface area contributed by atoms with Crippen LogP contribution in [0.4, 0.5) is 10.2 Å². The summed E-state index contributed by atoms with van der Waals surface area (Å²) in [6.45, 7) is 14.4. The normalized spacial score (nSPS) is 20.4. The minimum absolute atomic E-state index is 0.0864. The van der Waals surface area contributed by atoms with Crippen molar-refractivity contribution in [2.75, 3.05) is 31.2 Å². The van der Waals surface area contributed by atoms with Gasteiger partial charge >= 0.3 is 19.3 Å². The van der Waals surface area contributed by atoms with Gasteiger partial charge in [0.1, 0.15) is 17.7 Å². The van der Waals surface area contributed by atoms with Crippen molar-refractivity contribution in [3.8, 4) is 0 Å². The van der Waals surface area contributed by atoms with Gasteiger partial charge in [0.05, 0.1) is 18.9 Å². The first-order valence-corrected chi connectivity index (χ1v) is 15.6. The Labute approximate surface area is 228 Å². The van der Waals surface area contributed by atoms with Crippen LogP contribution in [0.1, 0.15) is 67.5 Å². The average molecular weight is 580 g/mol. The van der Waals surface area contributed by atoms with Crippen LogP contribution in [0, 0.1) is 17.7 Å². The molecule has 1 aliphatic heterocycles. The molecule has 0 radical (unpaired) electrons. The van der Waals surface area contributed by atoms with Crippen molar-refractivity contribution >= 4 is 31.2 Å². The van der Waals surface area contributed by atoms with Gasteiger partial charge in [-0.2, -0.15) is 4.98 Å². The number of carbonyl (C=O) groups excluding carboxylic acids is 1. The first kappa shape index (κ1) is 32.7. The second-order valence-corrected chi connectivity index (χ2v) is 13.8. The molecule has 0 bridgehead atoms. The van der Waals surface area contributed by atoms with Crippen LogP contribution in [0.3, 0.4) is 0 Å². The molecule has 2 heterocycles. The molecule has 0 aromatic carbocycles. The Morgan fingerprint density at radius 3 is 2.42 bits per heavy atom. The maximum atomic E-state index is 14.4. The van der Waals surface area contributed by atoms with Gasteiger partial charge in [0.15, 0.2) is 11.6 Å². The second kappa shape index (κ2) is 14.8. The van der Waals surface area contributed by atoms with Crippen LogP contribution in [0.5, 0.6) is 0 Å². The molecule has 0 spiro atoms. The number of hydrogen-bond acceptors (Lipinski definition) is 9. The molecule has 14 heteroatoms. The molecule has 3 N–H and O–H groups in total. The molecule has 1 unspecified atom stereocenters. The molecule has 1 aliphatic rings. The number of nitrogen functional groups attached to an aromatic ring is 1. The van der Waals surface area contributed by atoms with Crippen molar-refractivity contribution in [2.45, 2.75) is 85.1 Å². The topological polar surface area (TPSA) is 138 Å². The minimum atomic E-state index is -3.73. The number of nitrogens with zero attached hydrogens (tertiary/aromatic N) is 3. The third kappa shape index (κ3) is 9.91. The standard InChI is InChI=1S/C24H43FN5O6PS/c1-15(2)8-10-29(11-9-16(3)4)37(33,28-18(7)23(31)35-17(5)6)34-13-21-36-20(14-38-21)30-12-19(25)22(26)27-24(30)32/h12,15-18,20-21H,8-11,13-14H2,1-7H3,(H,28,33)(H2,26,27,32)/t18-,20-,21+,37?/m0/s1. The van der Waals surface area contributed by atoms with E-state index in [0.717, 1.165) is 23.6 Å². The highest BCUT2D eigenvalue weighted by atomic mass is 32.2. The van der Waals surface area contributed by atoms with E-state index in [4.69, 9.17) is 19.7 Å². The van der Waals surface area contributed by atoms with Crippen molar-refractivity contribution < 1.29 is 27.7 Å². The minimum Gasteiger partial charge on any atom is -0.462 e. The van der Waals surface area contributed by atoms with Crippen LogP contribution < -0.4 is 16.5 Å². The fraction of sp³-hybridized carbons (Fsp3) is 0.792. The molecule has 38 heavy (non-hydrogen) atoms. The van der Waals surface area contributed by atoms with Crippen molar-refractivity contribution in [3.05, 3.63) is 22.5 Å². The number of rotatable bonds is 15. The van der Waals surface area contributed by atoms with Gasteiger partial charge in [0.2, 0.25) is 0 Å². The Morgan fingerprint density at radius 2 is 1.87 bits per heavy atom. The smallest absolute Gasteiger partial charge is 0.351 e. The highest BCUT2D eigenvalue weighted by Gasteiger charge is 2.38. The highest BCUT2D eigenvalue weighted by molar-refractivity contribution is 8.00. The summed E-state index contributed by atoms with van der Waals surface area (Å²) in [5.74, 6) is -0.750. The van der Waals surface area contributed by atoms with E-state index in [0.29, 0.717) is 30.7 Å². The van der Waals surface area contributed by atoms with E-state index >= 15 is 0 Å². The summed E-state index contributed by atoms with van der Waals surface area (Å²) in [6.07, 6.45) is 1.43. The molecule has 11 nitrogen and oxygen atoms in total. The fourth-order valence-corrected chi connectivity index (χ4v) is 6.71. The lowest BCUT2D eigenvalue weighted by Crippen LogP contribution is -2.41. The zero-order valence-electron chi connectivity index (χ0n) is 23.4. The van der Waals surface area contributed by atoms with Gasteiger partial charge < -0.3 is 19.7 Å². The number of nitrogens with two attached hydrogens (primary N) is 1. The lowest BCUT2D eigenvalue weighted by Gasteiger charge is -2.34. The number of anilines is 1. The van der Waals surface area contributed by atoms with Crippen LogP contribution in [0.15, 0.2) is 11.0 Å². The quantitative estimate of drug-likeness (QED) is 0.230. The Hall–Kier alpha value is -1.50. The van der Waals surface area contributed by atoms with Gasteiger partial charge in [-0.25, -0.2) is 18.9 Å². The Bertz CT molecular complexity index is 1010. The zero-order valence-corrected chi connectivity index (χ0v) is 25.1. The molecule has 1 saturated heterocycles. The number of hydrogen-bond donors (Lipinski definition) is 2. The summed E-state index contributed by atoms with van der Waals surface area (Å²) in [4.78, 5) is 28.2. The summed E-state index contributed by atoms with van der Waals surface area (Å²) in [7, 11) is -3.73. The monoisotopic (exact) mass is 579 g/mol. The van der Waals surface area contributed by atoms with Crippen LogP contribution in [-0.4, -0.2) is 63.2 Å². The number of esters is 1.